The van der Waals surface area contributed by atoms with Crippen molar-refractivity contribution in [2.24, 2.45) is 0 Å². The zero-order valence-electron chi connectivity index (χ0n) is 22.3. The Bertz CT molecular complexity index is 1440. The first-order valence-electron chi connectivity index (χ1n) is 12.3. The van der Waals surface area contributed by atoms with Crippen molar-refractivity contribution in [2.45, 2.75) is 42.4 Å². The van der Waals surface area contributed by atoms with Gasteiger partial charge < -0.3 is 24.8 Å². The molecule has 1 aromatic carbocycles. The standard InChI is InChI=1S/C23H21F4N5OS.C3H8O2S.H2O/c1-14(20-17(25)2-3-18(26)21(20)30-34(33)16-4-7-28-12-16)32-9-8-31(13-23(32)5-6-23)22-19(27)10-15(24)11-29-22;1-3(2)6(4)5;/h2-4,7,10-12,28,30H,1,5-6,8-9,13H2;3H,1-2H3,(H,4,5);1H2/p-1. The lowest BCUT2D eigenvalue weighted by molar-refractivity contribution is 0.242. The fourth-order valence-corrected chi connectivity index (χ4v) is 5.31. The van der Waals surface area contributed by atoms with Gasteiger partial charge in [-0.15, -0.1) is 0 Å². The minimum Gasteiger partial charge on any atom is -0.772 e. The van der Waals surface area contributed by atoms with Gasteiger partial charge in [-0.05, 0) is 31.0 Å². The Hall–Kier alpha value is -3.27. The van der Waals surface area contributed by atoms with Gasteiger partial charge in [0, 0.05) is 49.0 Å². The third-order valence-corrected chi connectivity index (χ3v) is 8.49. The second-order valence-electron chi connectivity index (χ2n) is 9.71. The quantitative estimate of drug-likeness (QED) is 0.306. The molecular formula is C26H30F4N5O4S2-. The molecule has 2 aliphatic rings. The summed E-state index contributed by atoms with van der Waals surface area (Å²) in [5, 5.41) is -0.231. The summed E-state index contributed by atoms with van der Waals surface area (Å²) >= 11 is -1.87. The van der Waals surface area contributed by atoms with Gasteiger partial charge in [0.15, 0.2) is 22.6 Å². The molecule has 41 heavy (non-hydrogen) atoms. The number of anilines is 2. The van der Waals surface area contributed by atoms with Crippen LogP contribution in [0.25, 0.3) is 5.70 Å². The average molecular weight is 617 g/mol. The van der Waals surface area contributed by atoms with Gasteiger partial charge in [-0.1, -0.05) is 31.5 Å². The van der Waals surface area contributed by atoms with Crippen LogP contribution in [0.2, 0.25) is 0 Å². The Kier molecular flexibility index (Phi) is 10.3. The molecule has 1 saturated heterocycles. The van der Waals surface area contributed by atoms with Gasteiger partial charge >= 0.3 is 0 Å². The van der Waals surface area contributed by atoms with E-state index in [1.54, 1.807) is 31.0 Å². The van der Waals surface area contributed by atoms with Gasteiger partial charge in [-0.2, -0.15) is 0 Å². The molecule has 1 aliphatic heterocycles. The van der Waals surface area contributed by atoms with E-state index in [1.165, 1.54) is 6.20 Å². The third-order valence-electron chi connectivity index (χ3n) is 6.65. The number of piperazine rings is 1. The number of hydrogen-bond donors (Lipinski definition) is 2. The lowest BCUT2D eigenvalue weighted by Crippen LogP contribution is -2.54. The van der Waals surface area contributed by atoms with Crippen LogP contribution in [0.4, 0.5) is 29.1 Å². The molecule has 1 aliphatic carbocycles. The van der Waals surface area contributed by atoms with Gasteiger partial charge in [0.25, 0.3) is 0 Å². The summed E-state index contributed by atoms with van der Waals surface area (Å²) in [5.41, 5.74) is -0.563. The number of hydrogen-bond acceptors (Lipinski definition) is 6. The molecule has 0 radical (unpaired) electrons. The highest BCUT2D eigenvalue weighted by Gasteiger charge is 2.52. The monoisotopic (exact) mass is 616 g/mol. The van der Waals surface area contributed by atoms with Crippen LogP contribution in [-0.4, -0.2) is 63.7 Å². The van der Waals surface area contributed by atoms with Gasteiger partial charge in [0.1, 0.15) is 17.5 Å². The van der Waals surface area contributed by atoms with Gasteiger partial charge in [0.05, 0.1) is 27.9 Å². The second-order valence-corrected chi connectivity index (χ2v) is 12.4. The molecule has 0 bridgehead atoms. The summed E-state index contributed by atoms with van der Waals surface area (Å²) in [4.78, 5) is 10.7. The summed E-state index contributed by atoms with van der Waals surface area (Å²) in [7, 11) is -1.83. The predicted octanol–water partition coefficient (Wildman–Crippen LogP) is 3.88. The molecule has 3 aromatic rings. The molecule has 4 N–H and O–H groups in total. The highest BCUT2D eigenvalue weighted by molar-refractivity contribution is 7.86. The van der Waals surface area contributed by atoms with Crippen molar-refractivity contribution < 1.29 is 36.0 Å². The Morgan fingerprint density at radius 2 is 1.78 bits per heavy atom. The van der Waals surface area contributed by atoms with Crippen molar-refractivity contribution in [1.82, 2.24) is 14.9 Å². The van der Waals surface area contributed by atoms with E-state index < -0.39 is 50.9 Å². The van der Waals surface area contributed by atoms with Crippen molar-refractivity contribution in [3.05, 3.63) is 78.3 Å². The minimum absolute atomic E-state index is 0. The van der Waals surface area contributed by atoms with Crippen LogP contribution in [0.3, 0.4) is 0 Å². The first kappa shape index (κ1) is 32.2. The maximum absolute atomic E-state index is 15.0. The maximum Gasteiger partial charge on any atom is 0.168 e. The molecule has 2 fully saturated rings. The molecule has 5 rings (SSSR count). The Morgan fingerprint density at radius 3 is 2.34 bits per heavy atom. The number of rotatable bonds is 7. The van der Waals surface area contributed by atoms with Gasteiger partial charge in [-0.25, -0.2) is 26.8 Å². The lowest BCUT2D eigenvalue weighted by Gasteiger charge is -2.45. The lowest BCUT2D eigenvalue weighted by atomic mass is 10.0. The fraction of sp³-hybridized carbons (Fsp3) is 0.346. The number of H-pyrrole nitrogens is 1. The van der Waals surface area contributed by atoms with E-state index in [9.17, 15) is 26.1 Å². The van der Waals surface area contributed by atoms with Crippen LogP contribution in [-0.2, 0) is 22.1 Å². The van der Waals surface area contributed by atoms with E-state index in [0.717, 1.165) is 37.2 Å². The van der Waals surface area contributed by atoms with E-state index in [2.05, 4.69) is 21.3 Å². The number of aromatic amines is 1. The van der Waals surface area contributed by atoms with Crippen molar-refractivity contribution in [2.75, 3.05) is 29.3 Å². The number of aromatic nitrogens is 2. The molecule has 1 spiro atoms. The second kappa shape index (κ2) is 13.1. The Balaban J connectivity index is 0.000000599. The SMILES string of the molecule is C=C(c1c(F)ccc(F)c1NS(=O)c1cc[nH]c1)N1CCN(c2ncc(F)cc2F)CC12CC2.CC(C)S(=O)[O-].O. The van der Waals surface area contributed by atoms with Gasteiger partial charge in [0.2, 0.25) is 0 Å². The number of benzene rings is 1. The molecular weight excluding hydrogens is 586 g/mol. The van der Waals surface area contributed by atoms with Crippen molar-refractivity contribution >= 4 is 39.3 Å². The molecule has 2 atom stereocenters. The van der Waals surface area contributed by atoms with Crippen LogP contribution in [0.5, 0.6) is 0 Å². The molecule has 1 saturated carbocycles. The average Bonchev–Trinajstić information content (AvgIpc) is 3.42. The topological polar surface area (TPSA) is 136 Å². The Morgan fingerprint density at radius 1 is 1.12 bits per heavy atom. The molecule has 3 heterocycles. The smallest absolute Gasteiger partial charge is 0.168 e. The number of halogens is 4. The van der Waals surface area contributed by atoms with Crippen LogP contribution < -0.4 is 9.62 Å². The van der Waals surface area contributed by atoms with Crippen LogP contribution in [0, 0.1) is 23.3 Å². The maximum atomic E-state index is 15.0. The largest absolute Gasteiger partial charge is 0.772 e. The molecule has 9 nitrogen and oxygen atoms in total. The molecule has 2 aromatic heterocycles. The van der Waals surface area contributed by atoms with E-state index in [0.29, 0.717) is 24.5 Å². The summed E-state index contributed by atoms with van der Waals surface area (Å²) in [6.07, 6.45) is 5.51. The molecule has 15 heteroatoms. The summed E-state index contributed by atoms with van der Waals surface area (Å²) in [6, 6.07) is 4.33. The highest BCUT2D eigenvalue weighted by atomic mass is 32.2. The molecule has 2 unspecified atom stereocenters. The summed E-state index contributed by atoms with van der Waals surface area (Å²) in [6.45, 7) is 8.35. The van der Waals surface area contributed by atoms with Gasteiger partial charge in [-0.3, -0.25) is 8.93 Å². The van der Waals surface area contributed by atoms with Crippen molar-refractivity contribution in [1.29, 1.82) is 0 Å². The number of nitrogens with zero attached hydrogens (tertiary/aromatic N) is 3. The zero-order valence-corrected chi connectivity index (χ0v) is 23.9. The van der Waals surface area contributed by atoms with Crippen LogP contribution >= 0.6 is 0 Å². The van der Waals surface area contributed by atoms with Crippen molar-refractivity contribution in [3.8, 4) is 0 Å². The van der Waals surface area contributed by atoms with E-state index in [4.69, 9.17) is 0 Å². The number of nitrogens with one attached hydrogen (secondary N) is 2. The third kappa shape index (κ3) is 7.15. The first-order chi connectivity index (χ1) is 18.9. The summed E-state index contributed by atoms with van der Waals surface area (Å²) < 4.78 is 92.1. The predicted molar refractivity (Wildman–Crippen MR) is 149 cm³/mol. The van der Waals surface area contributed by atoms with E-state index in [1.807, 2.05) is 4.90 Å². The van der Waals surface area contributed by atoms with Crippen LogP contribution in [0.1, 0.15) is 32.3 Å². The van der Waals surface area contributed by atoms with Crippen LogP contribution in [0.15, 0.2) is 54.3 Å². The first-order valence-corrected chi connectivity index (χ1v) is 14.6. The zero-order chi connectivity index (χ0) is 29.2. The fourth-order valence-electron chi connectivity index (χ4n) is 4.44. The van der Waals surface area contributed by atoms with E-state index in [-0.39, 0.29) is 33.5 Å². The highest BCUT2D eigenvalue weighted by Crippen LogP contribution is 2.49. The molecule has 0 amide bonds. The Labute approximate surface area is 239 Å². The molecule has 224 valence electrons. The normalized spacial score (nSPS) is 16.9. The summed E-state index contributed by atoms with van der Waals surface area (Å²) in [5.74, 6) is -2.92. The van der Waals surface area contributed by atoms with E-state index >= 15 is 4.39 Å². The van der Waals surface area contributed by atoms with Crippen molar-refractivity contribution in [3.63, 3.8) is 0 Å². The number of pyridine rings is 1. The minimum atomic E-state index is -1.87.